The molecule has 0 bridgehead atoms. The molecule has 6 rings (SSSR count). The van der Waals surface area contributed by atoms with Gasteiger partial charge >= 0.3 is 0 Å². The standard InChI is InChI=1S/C30H24N4/c1-21-18-22(2)34(32-21)27-16-15-24-14-13-23-8-3-4-12-29(23)33(30(24)20-27)26-10-7-9-25(19-26)28-11-5-6-17-31-28/h3-20H,1-2H3. The Kier molecular flexibility index (Phi) is 4.84. The van der Waals surface area contributed by atoms with E-state index in [0.717, 1.165) is 51.0 Å². The van der Waals surface area contributed by atoms with Crippen LogP contribution in [0.15, 0.2) is 97.2 Å². The molecule has 34 heavy (non-hydrogen) atoms. The van der Waals surface area contributed by atoms with Crippen LogP contribution in [0.25, 0.3) is 29.1 Å². The highest BCUT2D eigenvalue weighted by atomic mass is 15.3. The van der Waals surface area contributed by atoms with Gasteiger partial charge in [-0.05, 0) is 73.5 Å². The first kappa shape index (κ1) is 20.2. The van der Waals surface area contributed by atoms with Crippen LogP contribution in [0.3, 0.4) is 0 Å². The third-order valence-corrected chi connectivity index (χ3v) is 6.19. The Labute approximate surface area is 199 Å². The molecular weight excluding hydrogens is 416 g/mol. The van der Waals surface area contributed by atoms with Crippen LogP contribution in [0.5, 0.6) is 0 Å². The number of aromatic nitrogens is 3. The second-order valence-corrected chi connectivity index (χ2v) is 8.57. The Bertz CT molecular complexity index is 1530. The van der Waals surface area contributed by atoms with Crippen LogP contribution >= 0.6 is 0 Å². The molecule has 0 fully saturated rings. The van der Waals surface area contributed by atoms with Crippen molar-refractivity contribution >= 4 is 29.2 Å². The van der Waals surface area contributed by atoms with E-state index in [0.29, 0.717) is 0 Å². The lowest BCUT2D eigenvalue weighted by Crippen LogP contribution is -2.12. The van der Waals surface area contributed by atoms with Gasteiger partial charge in [-0.25, -0.2) is 4.68 Å². The zero-order valence-electron chi connectivity index (χ0n) is 19.2. The van der Waals surface area contributed by atoms with Crippen LogP contribution < -0.4 is 4.90 Å². The lowest BCUT2D eigenvalue weighted by atomic mass is 10.1. The van der Waals surface area contributed by atoms with E-state index in [-0.39, 0.29) is 0 Å². The van der Waals surface area contributed by atoms with Gasteiger partial charge in [0.1, 0.15) is 0 Å². The Morgan fingerprint density at radius 1 is 0.647 bits per heavy atom. The van der Waals surface area contributed by atoms with Crippen molar-refractivity contribution in [2.24, 2.45) is 0 Å². The van der Waals surface area contributed by atoms with E-state index in [2.05, 4.69) is 102 Å². The Morgan fingerprint density at radius 2 is 1.47 bits per heavy atom. The van der Waals surface area contributed by atoms with Crippen molar-refractivity contribution in [3.05, 3.63) is 120 Å². The normalized spacial score (nSPS) is 12.2. The van der Waals surface area contributed by atoms with Crippen molar-refractivity contribution in [2.75, 3.05) is 4.90 Å². The molecule has 0 amide bonds. The van der Waals surface area contributed by atoms with Crippen molar-refractivity contribution < 1.29 is 0 Å². The van der Waals surface area contributed by atoms with Crippen LogP contribution in [0.4, 0.5) is 17.1 Å². The quantitative estimate of drug-likeness (QED) is 0.286. The largest absolute Gasteiger partial charge is 0.309 e. The smallest absolute Gasteiger partial charge is 0.0702 e. The summed E-state index contributed by atoms with van der Waals surface area (Å²) in [5.74, 6) is 0. The highest BCUT2D eigenvalue weighted by Gasteiger charge is 2.21. The predicted octanol–water partition coefficient (Wildman–Crippen LogP) is 7.50. The van der Waals surface area contributed by atoms with Gasteiger partial charge in [0.25, 0.3) is 0 Å². The number of fused-ring (bicyclic) bond motifs is 2. The molecular formula is C30H24N4. The van der Waals surface area contributed by atoms with E-state index < -0.39 is 0 Å². The van der Waals surface area contributed by atoms with Gasteiger partial charge in [0.05, 0.1) is 28.5 Å². The molecule has 164 valence electrons. The average molecular weight is 441 g/mol. The number of aryl methyl sites for hydroxylation is 2. The van der Waals surface area contributed by atoms with E-state index in [4.69, 9.17) is 5.10 Å². The number of hydrogen-bond acceptors (Lipinski definition) is 3. The molecule has 0 atom stereocenters. The first-order chi connectivity index (χ1) is 16.7. The van der Waals surface area contributed by atoms with Gasteiger partial charge in [-0.3, -0.25) is 4.98 Å². The number of benzene rings is 3. The Hall–Kier alpha value is -4.44. The first-order valence-corrected chi connectivity index (χ1v) is 11.4. The minimum atomic E-state index is 0.960. The fourth-order valence-electron chi connectivity index (χ4n) is 4.65. The second kappa shape index (κ2) is 8.16. The maximum atomic E-state index is 4.72. The van der Waals surface area contributed by atoms with Crippen LogP contribution in [-0.4, -0.2) is 14.8 Å². The van der Waals surface area contributed by atoms with Gasteiger partial charge in [0.2, 0.25) is 0 Å². The van der Waals surface area contributed by atoms with Gasteiger partial charge in [-0.15, -0.1) is 0 Å². The van der Waals surface area contributed by atoms with Crippen molar-refractivity contribution in [1.82, 2.24) is 14.8 Å². The predicted molar refractivity (Wildman–Crippen MR) is 140 cm³/mol. The molecule has 0 unspecified atom stereocenters. The summed E-state index contributed by atoms with van der Waals surface area (Å²) in [6.07, 6.45) is 6.23. The molecule has 1 aliphatic rings. The molecule has 2 aromatic heterocycles. The second-order valence-electron chi connectivity index (χ2n) is 8.57. The molecule has 0 aliphatic carbocycles. The summed E-state index contributed by atoms with van der Waals surface area (Å²) in [6, 6.07) is 31.8. The molecule has 0 saturated heterocycles. The summed E-state index contributed by atoms with van der Waals surface area (Å²) in [6.45, 7) is 4.12. The topological polar surface area (TPSA) is 34.0 Å². The third-order valence-electron chi connectivity index (χ3n) is 6.19. The minimum Gasteiger partial charge on any atom is -0.309 e. The summed E-state index contributed by atoms with van der Waals surface area (Å²) in [5.41, 5.74) is 10.9. The summed E-state index contributed by atoms with van der Waals surface area (Å²) < 4.78 is 2.01. The average Bonchev–Trinajstić information content (AvgIpc) is 3.13. The van der Waals surface area contributed by atoms with Crippen molar-refractivity contribution in [3.63, 3.8) is 0 Å². The number of nitrogens with zero attached hydrogens (tertiary/aromatic N) is 4. The number of rotatable bonds is 3. The molecule has 0 spiro atoms. The van der Waals surface area contributed by atoms with Crippen LogP contribution in [0.1, 0.15) is 22.5 Å². The number of pyridine rings is 1. The maximum absolute atomic E-state index is 4.72. The molecule has 0 saturated carbocycles. The van der Waals surface area contributed by atoms with Crippen LogP contribution in [-0.2, 0) is 0 Å². The van der Waals surface area contributed by atoms with Gasteiger partial charge in [0, 0.05) is 23.1 Å². The van der Waals surface area contributed by atoms with E-state index in [1.165, 1.54) is 5.56 Å². The van der Waals surface area contributed by atoms with Gasteiger partial charge < -0.3 is 4.90 Å². The number of para-hydroxylation sites is 1. The molecule has 0 radical (unpaired) electrons. The summed E-state index contributed by atoms with van der Waals surface area (Å²) in [5, 5.41) is 4.72. The zero-order valence-corrected chi connectivity index (χ0v) is 19.2. The van der Waals surface area contributed by atoms with Crippen LogP contribution in [0, 0.1) is 13.8 Å². The molecule has 0 N–H and O–H groups in total. The molecule has 5 aromatic rings. The van der Waals surface area contributed by atoms with Gasteiger partial charge in [-0.2, -0.15) is 5.10 Å². The minimum absolute atomic E-state index is 0.960. The highest BCUT2D eigenvalue weighted by molar-refractivity contribution is 5.94. The van der Waals surface area contributed by atoms with E-state index in [9.17, 15) is 0 Å². The zero-order chi connectivity index (χ0) is 23.1. The van der Waals surface area contributed by atoms with Crippen LogP contribution in [0.2, 0.25) is 0 Å². The monoisotopic (exact) mass is 440 g/mol. The first-order valence-electron chi connectivity index (χ1n) is 11.4. The molecule has 1 aliphatic heterocycles. The van der Waals surface area contributed by atoms with E-state index in [1.54, 1.807) is 0 Å². The SMILES string of the molecule is Cc1cc(C)n(-c2ccc3c(c2)N(c2cccc(-c4ccccn4)c2)c2ccccc2C=C3)n1. The highest BCUT2D eigenvalue weighted by Crippen LogP contribution is 2.43. The van der Waals surface area contributed by atoms with E-state index >= 15 is 0 Å². The number of hydrogen-bond donors (Lipinski definition) is 0. The molecule has 4 heteroatoms. The lowest BCUT2D eigenvalue weighted by Gasteiger charge is -2.28. The molecule has 3 aromatic carbocycles. The molecule has 3 heterocycles. The van der Waals surface area contributed by atoms with Gasteiger partial charge in [-0.1, -0.05) is 54.6 Å². The van der Waals surface area contributed by atoms with Crippen molar-refractivity contribution in [3.8, 4) is 16.9 Å². The Morgan fingerprint density at radius 3 is 2.26 bits per heavy atom. The Balaban J connectivity index is 1.57. The molecule has 4 nitrogen and oxygen atoms in total. The number of anilines is 3. The summed E-state index contributed by atoms with van der Waals surface area (Å²) in [4.78, 5) is 6.91. The summed E-state index contributed by atoms with van der Waals surface area (Å²) in [7, 11) is 0. The maximum Gasteiger partial charge on any atom is 0.0702 e. The van der Waals surface area contributed by atoms with Crippen molar-refractivity contribution in [1.29, 1.82) is 0 Å². The lowest BCUT2D eigenvalue weighted by molar-refractivity contribution is 0.833. The fourth-order valence-corrected chi connectivity index (χ4v) is 4.65. The van der Waals surface area contributed by atoms with Crippen molar-refractivity contribution in [2.45, 2.75) is 13.8 Å². The fraction of sp³-hybridized carbons (Fsp3) is 0.0667. The van der Waals surface area contributed by atoms with Gasteiger partial charge in [0.15, 0.2) is 0 Å². The summed E-state index contributed by atoms with van der Waals surface area (Å²) >= 11 is 0. The third kappa shape index (κ3) is 3.50. The van der Waals surface area contributed by atoms with E-state index in [1.807, 2.05) is 36.0 Å².